The van der Waals surface area contributed by atoms with Gasteiger partial charge in [-0.2, -0.15) is 0 Å². The zero-order valence-electron chi connectivity index (χ0n) is 14.2. The molecule has 4 rings (SSSR count). The second kappa shape index (κ2) is 6.83. The summed E-state index contributed by atoms with van der Waals surface area (Å²) in [7, 11) is -3.79. The molecule has 2 aliphatic heterocycles. The first-order chi connectivity index (χ1) is 12.6. The number of carbonyl (C=O) groups excluding carboxylic acids is 1. The van der Waals surface area contributed by atoms with Gasteiger partial charge < -0.3 is 4.74 Å². The number of fused-ring (bicyclic) bond motifs is 1. The van der Waals surface area contributed by atoms with Gasteiger partial charge in [0, 0.05) is 19.6 Å². The van der Waals surface area contributed by atoms with Crippen LogP contribution in [0.2, 0.25) is 0 Å². The number of rotatable bonds is 4. The molecule has 2 aliphatic rings. The highest BCUT2D eigenvalue weighted by atomic mass is 32.2. The lowest BCUT2D eigenvalue weighted by atomic mass is 10.2. The molecule has 0 aliphatic carbocycles. The standard InChI is InChI=1S/C19H20N2O4S/c22-19-17-8-4-5-9-18(17)26(23,24)21(19)14-16-13-20(10-11-25-16)12-15-6-2-1-3-7-15/h1-9,16H,10-14H2/t16-/m0/s1. The van der Waals surface area contributed by atoms with E-state index < -0.39 is 15.9 Å². The number of benzene rings is 2. The maximum absolute atomic E-state index is 12.7. The lowest BCUT2D eigenvalue weighted by Gasteiger charge is -2.34. The predicted octanol–water partition coefficient (Wildman–Crippen LogP) is 1.73. The van der Waals surface area contributed by atoms with Crippen LogP contribution in [0.3, 0.4) is 0 Å². The predicted molar refractivity (Wildman–Crippen MR) is 96.1 cm³/mol. The van der Waals surface area contributed by atoms with Gasteiger partial charge >= 0.3 is 0 Å². The van der Waals surface area contributed by atoms with Gasteiger partial charge in [0.15, 0.2) is 0 Å². The Bertz CT molecular complexity index is 914. The summed E-state index contributed by atoms with van der Waals surface area (Å²) in [6.07, 6.45) is -0.333. The maximum Gasteiger partial charge on any atom is 0.269 e. The Hall–Kier alpha value is -2.22. The molecule has 1 fully saturated rings. The molecule has 0 spiro atoms. The Morgan fingerprint density at radius 1 is 1.04 bits per heavy atom. The minimum absolute atomic E-state index is 0.0428. The monoisotopic (exact) mass is 372 g/mol. The second-order valence-corrected chi connectivity index (χ2v) is 8.38. The van der Waals surface area contributed by atoms with Crippen LogP contribution in [-0.2, 0) is 21.3 Å². The van der Waals surface area contributed by atoms with Crippen LogP contribution in [0, 0.1) is 0 Å². The van der Waals surface area contributed by atoms with E-state index in [0.29, 0.717) is 13.2 Å². The summed E-state index contributed by atoms with van der Waals surface area (Å²) >= 11 is 0. The zero-order chi connectivity index (χ0) is 18.1. The molecule has 0 unspecified atom stereocenters. The molecular formula is C19H20N2O4S. The molecule has 2 heterocycles. The normalized spacial score (nSPS) is 22.4. The van der Waals surface area contributed by atoms with E-state index in [2.05, 4.69) is 17.0 Å². The van der Waals surface area contributed by atoms with Crippen molar-refractivity contribution in [2.24, 2.45) is 0 Å². The van der Waals surface area contributed by atoms with Crippen LogP contribution in [0.1, 0.15) is 15.9 Å². The van der Waals surface area contributed by atoms with Crippen LogP contribution in [-0.4, -0.2) is 55.9 Å². The van der Waals surface area contributed by atoms with E-state index in [1.165, 1.54) is 11.6 Å². The van der Waals surface area contributed by atoms with Crippen LogP contribution in [0.5, 0.6) is 0 Å². The van der Waals surface area contributed by atoms with E-state index >= 15 is 0 Å². The molecule has 0 saturated carbocycles. The molecular weight excluding hydrogens is 352 g/mol. The topological polar surface area (TPSA) is 66.9 Å². The number of sulfonamides is 1. The first kappa shape index (κ1) is 17.2. The summed E-state index contributed by atoms with van der Waals surface area (Å²) in [5.41, 5.74) is 1.44. The van der Waals surface area contributed by atoms with Gasteiger partial charge in [-0.05, 0) is 17.7 Å². The Morgan fingerprint density at radius 3 is 2.54 bits per heavy atom. The number of amides is 1. The maximum atomic E-state index is 12.7. The SMILES string of the molecule is O=C1c2ccccc2S(=O)(=O)N1C[C@@H]1CN(Cc2ccccc2)CCO1. The number of morpholine rings is 1. The van der Waals surface area contributed by atoms with E-state index in [9.17, 15) is 13.2 Å². The van der Waals surface area contributed by atoms with Crippen LogP contribution < -0.4 is 0 Å². The highest BCUT2D eigenvalue weighted by molar-refractivity contribution is 7.90. The molecule has 136 valence electrons. The van der Waals surface area contributed by atoms with Gasteiger partial charge in [0.05, 0.1) is 24.8 Å². The van der Waals surface area contributed by atoms with Gasteiger partial charge in [-0.1, -0.05) is 42.5 Å². The third-order valence-corrected chi connectivity index (χ3v) is 6.56. The largest absolute Gasteiger partial charge is 0.374 e. The smallest absolute Gasteiger partial charge is 0.269 e. The van der Waals surface area contributed by atoms with Crippen molar-refractivity contribution in [1.29, 1.82) is 0 Å². The minimum atomic E-state index is -3.79. The Balaban J connectivity index is 1.47. The van der Waals surface area contributed by atoms with Gasteiger partial charge in [0.2, 0.25) is 0 Å². The summed E-state index contributed by atoms with van der Waals surface area (Å²) < 4.78 is 32.1. The average Bonchev–Trinajstić information content (AvgIpc) is 2.84. The van der Waals surface area contributed by atoms with E-state index in [-0.39, 0.29) is 23.1 Å². The van der Waals surface area contributed by atoms with Crippen molar-refractivity contribution in [2.75, 3.05) is 26.2 Å². The molecule has 1 atom stereocenters. The van der Waals surface area contributed by atoms with Crippen LogP contribution in [0.15, 0.2) is 59.5 Å². The lowest BCUT2D eigenvalue weighted by Crippen LogP contribution is -2.48. The molecule has 6 nitrogen and oxygen atoms in total. The molecule has 0 N–H and O–H groups in total. The molecule has 1 amide bonds. The van der Waals surface area contributed by atoms with Crippen molar-refractivity contribution in [3.63, 3.8) is 0 Å². The molecule has 0 bridgehead atoms. The second-order valence-electron chi connectivity index (χ2n) is 6.55. The summed E-state index contributed by atoms with van der Waals surface area (Å²) in [6.45, 7) is 2.71. The van der Waals surface area contributed by atoms with E-state index in [4.69, 9.17) is 4.74 Å². The minimum Gasteiger partial charge on any atom is -0.374 e. The number of nitrogens with zero attached hydrogens (tertiary/aromatic N) is 2. The summed E-state index contributed by atoms with van der Waals surface area (Å²) in [6, 6.07) is 16.4. The Labute approximate surface area is 153 Å². The van der Waals surface area contributed by atoms with Crippen molar-refractivity contribution in [3.8, 4) is 0 Å². The molecule has 0 aromatic heterocycles. The fourth-order valence-electron chi connectivity index (χ4n) is 3.47. The average molecular weight is 372 g/mol. The highest BCUT2D eigenvalue weighted by Gasteiger charge is 2.42. The summed E-state index contributed by atoms with van der Waals surface area (Å²) in [5, 5.41) is 0. The van der Waals surface area contributed by atoms with Gasteiger partial charge in [-0.3, -0.25) is 9.69 Å². The summed E-state index contributed by atoms with van der Waals surface area (Å²) in [4.78, 5) is 14.8. The molecule has 7 heteroatoms. The van der Waals surface area contributed by atoms with Crippen molar-refractivity contribution in [3.05, 3.63) is 65.7 Å². The van der Waals surface area contributed by atoms with Crippen LogP contribution in [0.4, 0.5) is 0 Å². The molecule has 2 aromatic rings. The molecule has 26 heavy (non-hydrogen) atoms. The van der Waals surface area contributed by atoms with Gasteiger partial charge in [-0.15, -0.1) is 0 Å². The molecule has 0 radical (unpaired) electrons. The van der Waals surface area contributed by atoms with Gasteiger partial charge in [0.25, 0.3) is 15.9 Å². The third-order valence-electron chi connectivity index (χ3n) is 4.75. The molecule has 1 saturated heterocycles. The first-order valence-corrected chi connectivity index (χ1v) is 10.0. The molecule has 2 aromatic carbocycles. The number of carbonyl (C=O) groups is 1. The quantitative estimate of drug-likeness (QED) is 0.818. The Kier molecular flexibility index (Phi) is 4.52. The fourth-order valence-corrected chi connectivity index (χ4v) is 5.07. The highest BCUT2D eigenvalue weighted by Crippen LogP contribution is 2.30. The van der Waals surface area contributed by atoms with Crippen LogP contribution >= 0.6 is 0 Å². The number of ether oxygens (including phenoxy) is 1. The van der Waals surface area contributed by atoms with Crippen molar-refractivity contribution < 1.29 is 17.9 Å². The van der Waals surface area contributed by atoms with Crippen LogP contribution in [0.25, 0.3) is 0 Å². The Morgan fingerprint density at radius 2 is 1.77 bits per heavy atom. The number of hydrogen-bond acceptors (Lipinski definition) is 5. The van der Waals surface area contributed by atoms with Crippen molar-refractivity contribution in [1.82, 2.24) is 9.21 Å². The van der Waals surface area contributed by atoms with E-state index in [0.717, 1.165) is 17.4 Å². The first-order valence-electron chi connectivity index (χ1n) is 8.60. The zero-order valence-corrected chi connectivity index (χ0v) is 15.1. The summed E-state index contributed by atoms with van der Waals surface area (Å²) in [5.74, 6) is -0.468. The lowest BCUT2D eigenvalue weighted by molar-refractivity contribution is -0.0359. The van der Waals surface area contributed by atoms with Gasteiger partial charge in [0.1, 0.15) is 4.90 Å². The fraction of sp³-hybridized carbons (Fsp3) is 0.316. The third kappa shape index (κ3) is 3.13. The van der Waals surface area contributed by atoms with Crippen molar-refractivity contribution in [2.45, 2.75) is 17.5 Å². The van der Waals surface area contributed by atoms with Crippen molar-refractivity contribution >= 4 is 15.9 Å². The van der Waals surface area contributed by atoms with E-state index in [1.54, 1.807) is 18.2 Å². The van der Waals surface area contributed by atoms with Gasteiger partial charge in [-0.25, -0.2) is 12.7 Å². The van der Waals surface area contributed by atoms with E-state index in [1.807, 2.05) is 18.2 Å². The number of hydrogen-bond donors (Lipinski definition) is 0.